The summed E-state index contributed by atoms with van der Waals surface area (Å²) in [6, 6.07) is 5.22. The molecule has 0 spiro atoms. The number of hydrogen-bond donors (Lipinski definition) is 3. The molecule has 1 rings (SSSR count). The molecule has 0 saturated carbocycles. The molecule has 3 N–H and O–H groups in total. The van der Waals surface area contributed by atoms with Gasteiger partial charge in [-0.2, -0.15) is 0 Å². The van der Waals surface area contributed by atoms with Gasteiger partial charge in [0.2, 0.25) is 0 Å². The molecule has 0 atom stereocenters. The van der Waals surface area contributed by atoms with Gasteiger partial charge in [0.15, 0.2) is 0 Å². The zero-order valence-corrected chi connectivity index (χ0v) is 11.4. The van der Waals surface area contributed by atoms with Crippen molar-refractivity contribution in [3.63, 3.8) is 0 Å². The summed E-state index contributed by atoms with van der Waals surface area (Å²) >= 11 is 1.59. The summed E-state index contributed by atoms with van der Waals surface area (Å²) in [5.74, 6) is 0.266. The van der Waals surface area contributed by atoms with Gasteiger partial charge in [0, 0.05) is 18.2 Å². The van der Waals surface area contributed by atoms with Gasteiger partial charge in [-0.1, -0.05) is 0 Å². The van der Waals surface area contributed by atoms with E-state index in [1.165, 1.54) is 0 Å². The van der Waals surface area contributed by atoms with Crippen molar-refractivity contribution in [2.45, 2.75) is 13.8 Å². The largest absolute Gasteiger partial charge is 0.508 e. The summed E-state index contributed by atoms with van der Waals surface area (Å²) in [5.41, 5.74) is 2.99. The average Bonchev–Trinajstić information content (AvgIpc) is 2.33. The monoisotopic (exact) mass is 250 g/mol. The Balaban J connectivity index is 3.12. The number of hydrogen-bond acceptors (Lipinski definition) is 4. The Bertz CT molecular complexity index is 460. The number of phenolic OH excluding ortho intramolecular Hbond substituents is 1. The van der Waals surface area contributed by atoms with E-state index in [1.54, 1.807) is 23.9 Å². The van der Waals surface area contributed by atoms with E-state index in [2.05, 4.69) is 5.32 Å². The van der Waals surface area contributed by atoms with Crippen molar-refractivity contribution in [1.82, 2.24) is 5.32 Å². The number of nitrogens with one attached hydrogen (secondary N) is 2. The Kier molecular flexibility index (Phi) is 4.63. The van der Waals surface area contributed by atoms with Crippen LogP contribution in [0.5, 0.6) is 5.75 Å². The molecule has 0 aliphatic rings. The molecule has 4 heteroatoms. The Labute approximate surface area is 106 Å². The average molecular weight is 250 g/mol. The lowest BCUT2D eigenvalue weighted by molar-refractivity contribution is 0.471. The topological polar surface area (TPSA) is 56.1 Å². The van der Waals surface area contributed by atoms with E-state index in [0.717, 1.165) is 21.7 Å². The molecule has 92 valence electrons. The smallest absolute Gasteiger partial charge is 0.118 e. The van der Waals surface area contributed by atoms with Crippen LogP contribution in [0.2, 0.25) is 0 Å². The standard InChI is InChI=1S/C13H18N2OS/c1-8-7-10(5-6-11(8)16)12(14)9(2)13(15-3)17-4/h5-7,14-16H,1-4H3/b13-9+,14-12?. The van der Waals surface area contributed by atoms with Gasteiger partial charge in [-0.25, -0.2) is 0 Å². The minimum atomic E-state index is 0.266. The summed E-state index contributed by atoms with van der Waals surface area (Å²) in [4.78, 5) is 0. The molecular weight excluding hydrogens is 232 g/mol. The van der Waals surface area contributed by atoms with Gasteiger partial charge in [0.05, 0.1) is 10.7 Å². The van der Waals surface area contributed by atoms with E-state index in [1.807, 2.05) is 33.2 Å². The lowest BCUT2D eigenvalue weighted by Gasteiger charge is -2.11. The van der Waals surface area contributed by atoms with Crippen LogP contribution >= 0.6 is 11.8 Å². The molecule has 0 aliphatic carbocycles. The van der Waals surface area contributed by atoms with Crippen LogP contribution in [0, 0.1) is 12.3 Å². The van der Waals surface area contributed by atoms with Crippen molar-refractivity contribution in [2.24, 2.45) is 0 Å². The predicted molar refractivity (Wildman–Crippen MR) is 74.9 cm³/mol. The van der Waals surface area contributed by atoms with Crippen molar-refractivity contribution in [3.05, 3.63) is 39.9 Å². The second kappa shape index (κ2) is 5.77. The third kappa shape index (κ3) is 3.03. The zero-order valence-electron chi connectivity index (χ0n) is 10.6. The molecule has 0 bridgehead atoms. The van der Waals surface area contributed by atoms with E-state index in [-0.39, 0.29) is 5.75 Å². The van der Waals surface area contributed by atoms with Gasteiger partial charge in [0.1, 0.15) is 5.75 Å². The highest BCUT2D eigenvalue weighted by Gasteiger charge is 2.09. The highest BCUT2D eigenvalue weighted by Crippen LogP contribution is 2.21. The molecular formula is C13H18N2OS. The summed E-state index contributed by atoms with van der Waals surface area (Å²) in [7, 11) is 1.85. The maximum atomic E-state index is 9.47. The number of aryl methyl sites for hydroxylation is 1. The van der Waals surface area contributed by atoms with E-state index < -0.39 is 0 Å². The van der Waals surface area contributed by atoms with Gasteiger partial charge in [-0.3, -0.25) is 5.41 Å². The van der Waals surface area contributed by atoms with Crippen LogP contribution in [0.4, 0.5) is 0 Å². The highest BCUT2D eigenvalue weighted by atomic mass is 32.2. The van der Waals surface area contributed by atoms with E-state index in [0.29, 0.717) is 5.71 Å². The van der Waals surface area contributed by atoms with Crippen LogP contribution in [-0.4, -0.2) is 24.1 Å². The van der Waals surface area contributed by atoms with Gasteiger partial charge < -0.3 is 10.4 Å². The van der Waals surface area contributed by atoms with Gasteiger partial charge in [-0.15, -0.1) is 11.8 Å². The molecule has 17 heavy (non-hydrogen) atoms. The molecule has 0 amide bonds. The fourth-order valence-corrected chi connectivity index (χ4v) is 2.20. The normalized spacial score (nSPS) is 12.0. The first-order valence-electron chi connectivity index (χ1n) is 5.32. The number of thioether (sulfide) groups is 1. The SMILES string of the molecule is CN/C(SC)=C(/C)C(=N)c1ccc(O)c(C)c1. The number of allylic oxidation sites excluding steroid dienone is 1. The number of benzene rings is 1. The molecule has 0 radical (unpaired) electrons. The Morgan fingerprint density at radius 1 is 1.41 bits per heavy atom. The van der Waals surface area contributed by atoms with Crippen LogP contribution in [0.3, 0.4) is 0 Å². The summed E-state index contributed by atoms with van der Waals surface area (Å²) < 4.78 is 0. The molecule has 0 fully saturated rings. The number of phenols is 1. The first-order chi connectivity index (χ1) is 8.01. The molecule has 3 nitrogen and oxygen atoms in total. The lowest BCUT2D eigenvalue weighted by Crippen LogP contribution is -2.11. The molecule has 1 aromatic carbocycles. The van der Waals surface area contributed by atoms with Gasteiger partial charge in [-0.05, 0) is 43.9 Å². The van der Waals surface area contributed by atoms with Crippen molar-refractivity contribution >= 4 is 17.5 Å². The van der Waals surface area contributed by atoms with Crippen LogP contribution in [-0.2, 0) is 0 Å². The molecule has 0 saturated heterocycles. The molecule has 0 aliphatic heterocycles. The van der Waals surface area contributed by atoms with E-state index >= 15 is 0 Å². The second-order valence-corrected chi connectivity index (χ2v) is 4.60. The zero-order chi connectivity index (χ0) is 13.0. The number of rotatable bonds is 4. The maximum Gasteiger partial charge on any atom is 0.118 e. The number of aromatic hydroxyl groups is 1. The molecule has 1 aromatic rings. The van der Waals surface area contributed by atoms with Gasteiger partial charge >= 0.3 is 0 Å². The Morgan fingerprint density at radius 3 is 2.53 bits per heavy atom. The molecule has 0 unspecified atom stereocenters. The fraction of sp³-hybridized carbons (Fsp3) is 0.308. The first kappa shape index (κ1) is 13.6. The van der Waals surface area contributed by atoms with E-state index in [4.69, 9.17) is 5.41 Å². The highest BCUT2D eigenvalue weighted by molar-refractivity contribution is 8.02. The Morgan fingerprint density at radius 2 is 2.06 bits per heavy atom. The van der Waals surface area contributed by atoms with Crippen molar-refractivity contribution < 1.29 is 5.11 Å². The minimum Gasteiger partial charge on any atom is -0.508 e. The predicted octanol–water partition coefficient (Wildman–Crippen LogP) is 2.88. The maximum absolute atomic E-state index is 9.47. The van der Waals surface area contributed by atoms with Crippen LogP contribution in [0.15, 0.2) is 28.8 Å². The second-order valence-electron chi connectivity index (χ2n) is 3.78. The third-order valence-corrected chi connectivity index (χ3v) is 3.55. The van der Waals surface area contributed by atoms with Crippen LogP contribution in [0.1, 0.15) is 18.1 Å². The molecule has 0 aromatic heterocycles. The third-order valence-electron chi connectivity index (χ3n) is 2.63. The quantitative estimate of drug-likeness (QED) is 0.720. The van der Waals surface area contributed by atoms with Gasteiger partial charge in [0.25, 0.3) is 0 Å². The summed E-state index contributed by atoms with van der Waals surface area (Å²) in [5, 5.41) is 21.7. The minimum absolute atomic E-state index is 0.266. The fourth-order valence-electron chi connectivity index (χ4n) is 1.58. The molecule has 0 heterocycles. The van der Waals surface area contributed by atoms with Crippen molar-refractivity contribution in [1.29, 1.82) is 5.41 Å². The summed E-state index contributed by atoms with van der Waals surface area (Å²) in [6.07, 6.45) is 1.98. The first-order valence-corrected chi connectivity index (χ1v) is 6.55. The van der Waals surface area contributed by atoms with Crippen molar-refractivity contribution in [2.75, 3.05) is 13.3 Å². The van der Waals surface area contributed by atoms with Crippen molar-refractivity contribution in [3.8, 4) is 5.75 Å². The van der Waals surface area contributed by atoms with Crippen LogP contribution < -0.4 is 5.32 Å². The Hall–Kier alpha value is -1.42. The van der Waals surface area contributed by atoms with Crippen LogP contribution in [0.25, 0.3) is 0 Å². The lowest BCUT2D eigenvalue weighted by atomic mass is 10.0. The summed E-state index contributed by atoms with van der Waals surface area (Å²) in [6.45, 7) is 3.76. The van der Waals surface area contributed by atoms with E-state index in [9.17, 15) is 5.11 Å².